The van der Waals surface area contributed by atoms with Gasteiger partial charge in [-0.1, -0.05) is 18.2 Å². The Balaban J connectivity index is 1.82. The molecule has 0 aliphatic carbocycles. The van der Waals surface area contributed by atoms with E-state index in [4.69, 9.17) is 23.3 Å². The van der Waals surface area contributed by atoms with Gasteiger partial charge in [-0.15, -0.1) is 0 Å². The van der Waals surface area contributed by atoms with Crippen molar-refractivity contribution >= 4 is 38.2 Å². The zero-order chi connectivity index (χ0) is 36.0. The Labute approximate surface area is 280 Å². The summed E-state index contributed by atoms with van der Waals surface area (Å²) in [6.45, 7) is 6.93. The van der Waals surface area contributed by atoms with Crippen molar-refractivity contribution in [2.75, 3.05) is 13.2 Å². The number of rotatable bonds is 15. The summed E-state index contributed by atoms with van der Waals surface area (Å²) in [6.07, 6.45) is -6.38. The number of carbonyl (C=O) groups excluding carboxylic acids is 3. The van der Waals surface area contributed by atoms with Crippen LogP contribution in [0.3, 0.4) is 0 Å². The van der Waals surface area contributed by atoms with Gasteiger partial charge in [-0.25, -0.2) is 18.3 Å². The van der Waals surface area contributed by atoms with E-state index < -0.39 is 97.7 Å². The molecule has 1 aromatic carbocycles. The van der Waals surface area contributed by atoms with Crippen LogP contribution in [-0.2, 0) is 37.7 Å². The molecule has 1 aliphatic heterocycles. The summed E-state index contributed by atoms with van der Waals surface area (Å²) in [6, 6.07) is 7.54. The van der Waals surface area contributed by atoms with Crippen molar-refractivity contribution in [2.24, 2.45) is 0 Å². The molecular formula is C29H40FN4O12PS. The topological polar surface area (TPSA) is 203 Å². The molecule has 266 valence electrons. The van der Waals surface area contributed by atoms with Crippen molar-refractivity contribution in [3.8, 4) is 5.75 Å². The van der Waals surface area contributed by atoms with Crippen LogP contribution in [0.4, 0.5) is 4.39 Å². The molecule has 19 heteroatoms. The number of aliphatic hydroxyl groups excluding tert-OH is 1. The van der Waals surface area contributed by atoms with E-state index in [1.807, 2.05) is 0 Å². The zero-order valence-electron chi connectivity index (χ0n) is 27.1. The van der Waals surface area contributed by atoms with Crippen molar-refractivity contribution < 1.29 is 51.7 Å². The summed E-state index contributed by atoms with van der Waals surface area (Å²) in [4.78, 5) is 62.4. The van der Waals surface area contributed by atoms with E-state index in [2.05, 4.69) is 23.0 Å². The number of alkyl halides is 1. The number of benzene rings is 1. The van der Waals surface area contributed by atoms with E-state index in [9.17, 15) is 33.6 Å². The number of nitrogens with zero attached hydrogens (tertiary/aromatic N) is 2. The summed E-state index contributed by atoms with van der Waals surface area (Å²) >= 11 is 3.95. The summed E-state index contributed by atoms with van der Waals surface area (Å²) in [5, 5.41) is 14.9. The van der Waals surface area contributed by atoms with Crippen LogP contribution in [0, 0.1) is 0 Å². The number of carbonyl (C=O) groups is 3. The predicted molar refractivity (Wildman–Crippen MR) is 171 cm³/mol. The highest BCUT2D eigenvalue weighted by atomic mass is 32.1. The fourth-order valence-corrected chi connectivity index (χ4v) is 6.06. The molecule has 1 aliphatic rings. The number of para-hydroxylation sites is 1. The largest absolute Gasteiger partial charge is 0.462 e. The number of ether oxygens (including phenoxy) is 3. The van der Waals surface area contributed by atoms with Gasteiger partial charge in [0.15, 0.2) is 18.1 Å². The summed E-state index contributed by atoms with van der Waals surface area (Å²) < 4.78 is 58.1. The molecule has 16 nitrogen and oxygen atoms in total. The molecule has 2 heterocycles. The second kappa shape index (κ2) is 16.2. The number of halogens is 1. The number of hydrogen-bond acceptors (Lipinski definition) is 13. The quantitative estimate of drug-likeness (QED) is 0.118. The molecule has 1 saturated heterocycles. The van der Waals surface area contributed by atoms with Gasteiger partial charge in [-0.05, 0) is 53.7 Å². The maximum absolute atomic E-state index is 16.1. The lowest BCUT2D eigenvalue weighted by Crippen LogP contribution is -2.47. The molecule has 2 aromatic rings. The Hall–Kier alpha value is -3.54. The first kappa shape index (κ1) is 38.9. The van der Waals surface area contributed by atoms with Gasteiger partial charge in [0.25, 0.3) is 5.56 Å². The highest BCUT2D eigenvalue weighted by molar-refractivity contribution is 7.81. The van der Waals surface area contributed by atoms with Crippen molar-refractivity contribution in [1.29, 1.82) is 0 Å². The standard InChI is InChI=1S/C29H40FN4O12PS/c1-16(2)43-26(39)17(3)32-47(41,46-20-10-8-7-9-11-20)42-15-21-24(37)29(6,30)27(45-21)33-13-12-22(35)34(28(33)40)19(5)44-23(36)14-31-25(38)18(4)48/h7-13,16-19,21,24,27,37,48H,14-15H2,1-6H3,(H,31,38)(H,32,41)/t17-,18?,19?,21+,24+,27+,29+,47-/m0/s1. The molecule has 1 amide bonds. The van der Waals surface area contributed by atoms with Crippen LogP contribution in [0.5, 0.6) is 5.75 Å². The lowest BCUT2D eigenvalue weighted by atomic mass is 9.98. The predicted octanol–water partition coefficient (Wildman–Crippen LogP) is 1.63. The molecule has 2 unspecified atom stereocenters. The van der Waals surface area contributed by atoms with E-state index in [1.54, 1.807) is 32.0 Å². The average molecular weight is 719 g/mol. The number of amides is 1. The first-order chi connectivity index (χ1) is 22.4. The van der Waals surface area contributed by atoms with E-state index in [0.29, 0.717) is 9.13 Å². The number of aromatic nitrogens is 2. The van der Waals surface area contributed by atoms with Crippen molar-refractivity contribution in [3.05, 3.63) is 63.4 Å². The molecule has 8 atom stereocenters. The van der Waals surface area contributed by atoms with E-state index >= 15 is 4.39 Å². The zero-order valence-corrected chi connectivity index (χ0v) is 28.9. The third-order valence-corrected chi connectivity index (χ3v) is 8.78. The smallest absolute Gasteiger partial charge is 0.459 e. The maximum atomic E-state index is 16.1. The highest BCUT2D eigenvalue weighted by Crippen LogP contribution is 2.47. The van der Waals surface area contributed by atoms with Crippen LogP contribution in [-0.4, -0.2) is 80.5 Å². The monoisotopic (exact) mass is 718 g/mol. The van der Waals surface area contributed by atoms with Gasteiger partial charge in [0.2, 0.25) is 5.91 Å². The van der Waals surface area contributed by atoms with Crippen LogP contribution >= 0.6 is 20.4 Å². The molecular weight excluding hydrogens is 678 g/mol. The normalized spacial score (nSPS) is 23.8. The number of nitrogens with one attached hydrogen (secondary N) is 2. The third-order valence-electron chi connectivity index (χ3n) is 6.90. The maximum Gasteiger partial charge on any atom is 0.459 e. The molecule has 48 heavy (non-hydrogen) atoms. The molecule has 0 radical (unpaired) electrons. The van der Waals surface area contributed by atoms with Gasteiger partial charge in [-0.3, -0.25) is 28.3 Å². The van der Waals surface area contributed by atoms with Gasteiger partial charge in [0.05, 0.1) is 18.0 Å². The summed E-state index contributed by atoms with van der Waals surface area (Å²) in [5.41, 5.74) is -4.74. The average Bonchev–Trinajstić information content (AvgIpc) is 3.22. The van der Waals surface area contributed by atoms with Gasteiger partial charge in [-0.2, -0.15) is 17.7 Å². The Kier molecular flexibility index (Phi) is 13.2. The van der Waals surface area contributed by atoms with Crippen LogP contribution in [0.25, 0.3) is 0 Å². The molecule has 3 rings (SSSR count). The van der Waals surface area contributed by atoms with Gasteiger partial charge >= 0.3 is 25.4 Å². The fraction of sp³-hybridized carbons (Fsp3) is 0.552. The number of thiol groups is 1. The van der Waals surface area contributed by atoms with Gasteiger partial charge in [0, 0.05) is 12.3 Å². The van der Waals surface area contributed by atoms with Crippen molar-refractivity contribution in [3.63, 3.8) is 0 Å². The van der Waals surface area contributed by atoms with Crippen LogP contribution in [0.2, 0.25) is 0 Å². The van der Waals surface area contributed by atoms with E-state index in [-0.39, 0.29) is 5.75 Å². The Morgan fingerprint density at radius 1 is 1.10 bits per heavy atom. The van der Waals surface area contributed by atoms with Gasteiger partial charge < -0.3 is 29.2 Å². The first-order valence-corrected chi connectivity index (χ1v) is 16.9. The fourth-order valence-electron chi connectivity index (χ4n) is 4.47. The molecule has 0 bridgehead atoms. The van der Waals surface area contributed by atoms with Crippen LogP contribution < -0.4 is 26.2 Å². The van der Waals surface area contributed by atoms with E-state index in [1.165, 1.54) is 32.9 Å². The molecule has 3 N–H and O–H groups in total. The number of esters is 2. The number of hydrogen-bond donors (Lipinski definition) is 4. The van der Waals surface area contributed by atoms with Crippen LogP contribution in [0.1, 0.15) is 54.0 Å². The van der Waals surface area contributed by atoms with E-state index in [0.717, 1.165) is 19.2 Å². The first-order valence-electron chi connectivity index (χ1n) is 14.8. The lowest BCUT2D eigenvalue weighted by molar-refractivity contribution is -0.153. The summed E-state index contributed by atoms with van der Waals surface area (Å²) in [7, 11) is -4.43. The summed E-state index contributed by atoms with van der Waals surface area (Å²) in [5.74, 6) is -2.19. The van der Waals surface area contributed by atoms with Crippen LogP contribution in [0.15, 0.2) is 52.2 Å². The minimum Gasteiger partial charge on any atom is -0.462 e. The molecule has 0 saturated carbocycles. The Bertz CT molecular complexity index is 1620. The minimum atomic E-state index is -4.43. The lowest BCUT2D eigenvalue weighted by Gasteiger charge is -2.26. The second-order valence-corrected chi connectivity index (χ2v) is 13.8. The Morgan fingerprint density at radius 2 is 1.75 bits per heavy atom. The molecule has 0 spiro atoms. The highest BCUT2D eigenvalue weighted by Gasteiger charge is 2.56. The number of aliphatic hydroxyl groups is 1. The molecule has 1 fully saturated rings. The SMILES string of the molecule is CC(C)OC(=O)[C@H](C)N[P@](=O)(OC[C@H]1O[C@@H](n2ccc(=O)n(C(C)OC(=O)CNC(=O)C(C)S)c2=O)[C@](C)(F)[C@@H]1O)Oc1ccccc1. The minimum absolute atomic E-state index is 0.0983. The van der Waals surface area contributed by atoms with Crippen molar-refractivity contribution in [1.82, 2.24) is 19.5 Å². The molecule has 1 aromatic heterocycles. The van der Waals surface area contributed by atoms with Crippen molar-refractivity contribution in [2.45, 2.75) is 89.3 Å². The van der Waals surface area contributed by atoms with Gasteiger partial charge in [0.1, 0.15) is 30.5 Å². The Morgan fingerprint density at radius 3 is 2.35 bits per heavy atom. The second-order valence-electron chi connectivity index (χ2n) is 11.4. The third kappa shape index (κ3) is 9.76.